The number of hydrogen-bond acceptors (Lipinski definition) is 1. The third-order valence-electron chi connectivity index (χ3n) is 2.96. The van der Waals surface area contributed by atoms with Gasteiger partial charge < -0.3 is 5.73 Å². The van der Waals surface area contributed by atoms with Gasteiger partial charge in [-0.15, -0.1) is 0 Å². The van der Waals surface area contributed by atoms with Crippen LogP contribution in [0, 0.1) is 17.7 Å². The lowest BCUT2D eigenvalue weighted by Crippen LogP contribution is -2.13. The normalized spacial score (nSPS) is 27.4. The van der Waals surface area contributed by atoms with E-state index in [1.807, 2.05) is 0 Å². The van der Waals surface area contributed by atoms with Gasteiger partial charge in [0, 0.05) is 6.04 Å². The zero-order valence-corrected chi connectivity index (χ0v) is 9.59. The van der Waals surface area contributed by atoms with Crippen molar-refractivity contribution in [2.75, 3.05) is 0 Å². The third-order valence-corrected chi connectivity index (χ3v) is 3.57. The zero-order chi connectivity index (χ0) is 10.3. The Labute approximate surface area is 91.6 Å². The maximum Gasteiger partial charge on any atom is 0.137 e. The Balaban J connectivity index is 2.20. The predicted molar refractivity (Wildman–Crippen MR) is 58.3 cm³/mol. The molecule has 0 radical (unpaired) electrons. The van der Waals surface area contributed by atoms with Gasteiger partial charge in [0.1, 0.15) is 5.82 Å². The van der Waals surface area contributed by atoms with Crippen LogP contribution in [0.2, 0.25) is 0 Å². The molecule has 0 bridgehead atoms. The molecule has 1 aromatic carbocycles. The molecule has 1 nitrogen and oxygen atoms in total. The molecule has 2 rings (SSSR count). The van der Waals surface area contributed by atoms with Crippen molar-refractivity contribution < 1.29 is 4.39 Å². The Morgan fingerprint density at radius 2 is 2.21 bits per heavy atom. The van der Waals surface area contributed by atoms with E-state index in [0.29, 0.717) is 16.3 Å². The summed E-state index contributed by atoms with van der Waals surface area (Å²) in [7, 11) is 0. The summed E-state index contributed by atoms with van der Waals surface area (Å²) in [5.41, 5.74) is 7.09. The van der Waals surface area contributed by atoms with Gasteiger partial charge in [0.15, 0.2) is 0 Å². The molecule has 0 aliphatic heterocycles. The molecule has 1 aliphatic rings. The average Bonchev–Trinajstić information content (AvgIpc) is 2.86. The van der Waals surface area contributed by atoms with Gasteiger partial charge in [-0.3, -0.25) is 0 Å². The monoisotopic (exact) mass is 257 g/mol. The standard InChI is InChI=1S/C11H13BrFN/c1-6-4-8(6)11(14)7-2-3-10(13)9(12)5-7/h2-3,5-6,8,11H,4,14H2,1H3. The number of hydrogen-bond donors (Lipinski definition) is 1. The van der Waals surface area contributed by atoms with Gasteiger partial charge in [-0.05, 0) is 51.9 Å². The second kappa shape index (κ2) is 3.63. The molecule has 0 amide bonds. The first-order valence-electron chi connectivity index (χ1n) is 4.80. The lowest BCUT2D eigenvalue weighted by Gasteiger charge is -2.11. The molecule has 1 aromatic rings. The molecule has 14 heavy (non-hydrogen) atoms. The van der Waals surface area contributed by atoms with Crippen LogP contribution in [0.25, 0.3) is 0 Å². The minimum absolute atomic E-state index is 0.0573. The van der Waals surface area contributed by atoms with Gasteiger partial charge in [-0.25, -0.2) is 4.39 Å². The highest BCUT2D eigenvalue weighted by Gasteiger charge is 2.38. The molecule has 0 heterocycles. The van der Waals surface area contributed by atoms with Crippen molar-refractivity contribution in [2.45, 2.75) is 19.4 Å². The first-order valence-corrected chi connectivity index (χ1v) is 5.59. The van der Waals surface area contributed by atoms with E-state index in [0.717, 1.165) is 5.56 Å². The molecule has 0 spiro atoms. The van der Waals surface area contributed by atoms with Gasteiger partial charge in [-0.1, -0.05) is 13.0 Å². The van der Waals surface area contributed by atoms with Crippen molar-refractivity contribution in [1.29, 1.82) is 0 Å². The van der Waals surface area contributed by atoms with Crippen molar-refractivity contribution in [2.24, 2.45) is 17.6 Å². The van der Waals surface area contributed by atoms with Gasteiger partial charge in [-0.2, -0.15) is 0 Å². The van der Waals surface area contributed by atoms with Crippen LogP contribution in [0.3, 0.4) is 0 Å². The summed E-state index contributed by atoms with van der Waals surface area (Å²) in [6.45, 7) is 2.20. The predicted octanol–water partition coefficient (Wildman–Crippen LogP) is 3.24. The molecule has 1 saturated carbocycles. The summed E-state index contributed by atoms with van der Waals surface area (Å²) in [5, 5.41) is 0. The number of nitrogens with two attached hydrogens (primary N) is 1. The van der Waals surface area contributed by atoms with E-state index in [1.54, 1.807) is 12.1 Å². The van der Waals surface area contributed by atoms with Crippen LogP contribution in [0.1, 0.15) is 24.9 Å². The SMILES string of the molecule is CC1CC1C(N)c1ccc(F)c(Br)c1. The third kappa shape index (κ3) is 1.84. The molecular formula is C11H13BrFN. The quantitative estimate of drug-likeness (QED) is 0.865. The van der Waals surface area contributed by atoms with Crippen LogP contribution in [0.4, 0.5) is 4.39 Å². The molecule has 3 atom stereocenters. The minimum atomic E-state index is -0.232. The van der Waals surface area contributed by atoms with Crippen LogP contribution in [0.15, 0.2) is 22.7 Å². The van der Waals surface area contributed by atoms with Crippen LogP contribution in [-0.2, 0) is 0 Å². The van der Waals surface area contributed by atoms with Crippen molar-refractivity contribution in [3.05, 3.63) is 34.1 Å². The molecule has 0 aromatic heterocycles. The maximum atomic E-state index is 13.0. The van der Waals surface area contributed by atoms with E-state index in [4.69, 9.17) is 5.73 Å². The fourth-order valence-electron chi connectivity index (χ4n) is 1.82. The topological polar surface area (TPSA) is 26.0 Å². The van der Waals surface area contributed by atoms with Crippen LogP contribution in [0.5, 0.6) is 0 Å². The summed E-state index contributed by atoms with van der Waals surface area (Å²) in [6.07, 6.45) is 1.19. The van der Waals surface area contributed by atoms with Gasteiger partial charge in [0.2, 0.25) is 0 Å². The Hall–Kier alpha value is -0.410. The fraction of sp³-hybridized carbons (Fsp3) is 0.455. The minimum Gasteiger partial charge on any atom is -0.324 e. The summed E-state index contributed by atoms with van der Waals surface area (Å²) >= 11 is 3.17. The van der Waals surface area contributed by atoms with Crippen LogP contribution >= 0.6 is 15.9 Å². The Kier molecular flexibility index (Phi) is 2.62. The Morgan fingerprint density at radius 3 is 2.71 bits per heavy atom. The molecule has 3 unspecified atom stereocenters. The molecule has 3 heteroatoms. The molecule has 0 saturated heterocycles. The average molecular weight is 258 g/mol. The maximum absolute atomic E-state index is 13.0. The van der Waals surface area contributed by atoms with E-state index in [2.05, 4.69) is 22.9 Å². The lowest BCUT2D eigenvalue weighted by molar-refractivity contribution is 0.585. The van der Waals surface area contributed by atoms with E-state index in [-0.39, 0.29) is 11.9 Å². The largest absolute Gasteiger partial charge is 0.324 e. The lowest BCUT2D eigenvalue weighted by atomic mass is 10.0. The second-order valence-corrected chi connectivity index (χ2v) is 4.93. The highest BCUT2D eigenvalue weighted by Crippen LogP contribution is 2.45. The number of rotatable bonds is 2. The van der Waals surface area contributed by atoms with Gasteiger partial charge in [0.25, 0.3) is 0 Å². The number of benzene rings is 1. The fourth-order valence-corrected chi connectivity index (χ4v) is 2.21. The second-order valence-electron chi connectivity index (χ2n) is 4.08. The summed E-state index contributed by atoms with van der Waals surface area (Å²) < 4.78 is 13.5. The molecular weight excluding hydrogens is 245 g/mol. The molecule has 2 N–H and O–H groups in total. The van der Waals surface area contributed by atoms with E-state index < -0.39 is 0 Å². The van der Waals surface area contributed by atoms with Crippen molar-refractivity contribution in [3.63, 3.8) is 0 Å². The summed E-state index contributed by atoms with van der Waals surface area (Å²) in [5.74, 6) is 1.06. The van der Waals surface area contributed by atoms with Gasteiger partial charge in [0.05, 0.1) is 4.47 Å². The van der Waals surface area contributed by atoms with E-state index in [9.17, 15) is 4.39 Å². The molecule has 1 fully saturated rings. The van der Waals surface area contributed by atoms with Gasteiger partial charge >= 0.3 is 0 Å². The summed E-state index contributed by atoms with van der Waals surface area (Å²) in [4.78, 5) is 0. The molecule has 76 valence electrons. The smallest absolute Gasteiger partial charge is 0.137 e. The van der Waals surface area contributed by atoms with Crippen LogP contribution < -0.4 is 5.73 Å². The van der Waals surface area contributed by atoms with E-state index in [1.165, 1.54) is 12.5 Å². The van der Waals surface area contributed by atoms with Crippen molar-refractivity contribution in [3.8, 4) is 0 Å². The van der Waals surface area contributed by atoms with Crippen molar-refractivity contribution >= 4 is 15.9 Å². The van der Waals surface area contributed by atoms with E-state index >= 15 is 0 Å². The highest BCUT2D eigenvalue weighted by molar-refractivity contribution is 9.10. The summed E-state index contributed by atoms with van der Waals surface area (Å²) in [6, 6.07) is 5.08. The highest BCUT2D eigenvalue weighted by atomic mass is 79.9. The van der Waals surface area contributed by atoms with Crippen molar-refractivity contribution in [1.82, 2.24) is 0 Å². The Morgan fingerprint density at radius 1 is 1.57 bits per heavy atom. The first kappa shape index (κ1) is 10.1. The Bertz CT molecular complexity index is 353. The molecule has 1 aliphatic carbocycles. The number of halogens is 2. The zero-order valence-electron chi connectivity index (χ0n) is 8.00. The first-order chi connectivity index (χ1) is 6.59. The van der Waals surface area contributed by atoms with Crippen LogP contribution in [-0.4, -0.2) is 0 Å².